The highest BCUT2D eigenvalue weighted by molar-refractivity contribution is 9.10. The van der Waals surface area contributed by atoms with Crippen molar-refractivity contribution in [3.05, 3.63) is 34.3 Å². The summed E-state index contributed by atoms with van der Waals surface area (Å²) in [4.78, 5) is 0. The maximum Gasteiger partial charge on any atom is 0.0652 e. The van der Waals surface area contributed by atoms with Crippen molar-refractivity contribution in [3.63, 3.8) is 0 Å². The summed E-state index contributed by atoms with van der Waals surface area (Å²) >= 11 is 3.40. The van der Waals surface area contributed by atoms with Crippen molar-refractivity contribution in [2.24, 2.45) is 0 Å². The van der Waals surface area contributed by atoms with Gasteiger partial charge in [-0.3, -0.25) is 0 Å². The Bertz CT molecular complexity index is 299. The van der Waals surface area contributed by atoms with Gasteiger partial charge >= 0.3 is 0 Å². The molecule has 0 saturated carbocycles. The number of hydrogen-bond acceptors (Lipinski definition) is 2. The van der Waals surface area contributed by atoms with Crippen LogP contribution >= 0.6 is 15.9 Å². The van der Waals surface area contributed by atoms with Crippen LogP contribution in [0.25, 0.3) is 0 Å². The molecule has 15 heavy (non-hydrogen) atoms. The van der Waals surface area contributed by atoms with Crippen LogP contribution in [-0.4, -0.2) is 18.3 Å². The molecule has 0 aliphatic rings. The normalized spacial score (nSPS) is 14.9. The molecule has 1 rings (SSSR count). The standard InChI is InChI=1S/C12H18BrNO/c1-3-8-14-12(2,9-15)10-4-6-11(13)7-5-10/h4-7,14-15H,3,8-9H2,1-2H3. The maximum atomic E-state index is 9.46. The number of aliphatic hydroxyl groups excluding tert-OH is 1. The Morgan fingerprint density at radius 1 is 1.33 bits per heavy atom. The summed E-state index contributed by atoms with van der Waals surface area (Å²) in [7, 11) is 0. The van der Waals surface area contributed by atoms with Crippen LogP contribution in [-0.2, 0) is 5.54 Å². The van der Waals surface area contributed by atoms with E-state index < -0.39 is 0 Å². The van der Waals surface area contributed by atoms with E-state index >= 15 is 0 Å². The van der Waals surface area contributed by atoms with Gasteiger partial charge in [-0.25, -0.2) is 0 Å². The molecule has 2 nitrogen and oxygen atoms in total. The zero-order chi connectivity index (χ0) is 11.3. The van der Waals surface area contributed by atoms with Gasteiger partial charge in [0.25, 0.3) is 0 Å². The summed E-state index contributed by atoms with van der Waals surface area (Å²) in [5.41, 5.74) is 0.776. The van der Waals surface area contributed by atoms with Gasteiger partial charge in [0.15, 0.2) is 0 Å². The van der Waals surface area contributed by atoms with Gasteiger partial charge in [-0.15, -0.1) is 0 Å². The lowest BCUT2D eigenvalue weighted by molar-refractivity contribution is 0.175. The fraction of sp³-hybridized carbons (Fsp3) is 0.500. The Kier molecular flexibility index (Phi) is 4.77. The summed E-state index contributed by atoms with van der Waals surface area (Å²) in [6, 6.07) is 8.06. The largest absolute Gasteiger partial charge is 0.394 e. The Morgan fingerprint density at radius 3 is 2.40 bits per heavy atom. The second-order valence-electron chi connectivity index (χ2n) is 3.92. The quantitative estimate of drug-likeness (QED) is 0.863. The highest BCUT2D eigenvalue weighted by Gasteiger charge is 2.24. The van der Waals surface area contributed by atoms with Gasteiger partial charge in [0, 0.05) is 4.47 Å². The van der Waals surface area contributed by atoms with Crippen molar-refractivity contribution in [2.45, 2.75) is 25.8 Å². The molecule has 1 atom stereocenters. The van der Waals surface area contributed by atoms with Crippen LogP contribution in [0, 0.1) is 0 Å². The van der Waals surface area contributed by atoms with E-state index in [-0.39, 0.29) is 12.1 Å². The Labute approximate surface area is 99.8 Å². The summed E-state index contributed by atoms with van der Waals surface area (Å²) < 4.78 is 1.06. The van der Waals surface area contributed by atoms with E-state index in [4.69, 9.17) is 0 Å². The van der Waals surface area contributed by atoms with Crippen molar-refractivity contribution < 1.29 is 5.11 Å². The third kappa shape index (κ3) is 3.30. The lowest BCUT2D eigenvalue weighted by Gasteiger charge is -2.29. The van der Waals surface area contributed by atoms with Gasteiger partial charge in [0.05, 0.1) is 12.1 Å². The van der Waals surface area contributed by atoms with Gasteiger partial charge in [0.1, 0.15) is 0 Å². The van der Waals surface area contributed by atoms with Crippen molar-refractivity contribution in [3.8, 4) is 0 Å². The first kappa shape index (κ1) is 12.7. The fourth-order valence-electron chi connectivity index (χ4n) is 1.47. The van der Waals surface area contributed by atoms with E-state index in [0.717, 1.165) is 23.0 Å². The topological polar surface area (TPSA) is 32.3 Å². The number of hydrogen-bond donors (Lipinski definition) is 2. The SMILES string of the molecule is CCCNC(C)(CO)c1ccc(Br)cc1. The van der Waals surface area contributed by atoms with E-state index in [1.54, 1.807) is 0 Å². The van der Waals surface area contributed by atoms with Crippen LogP contribution in [0.4, 0.5) is 0 Å². The van der Waals surface area contributed by atoms with Crippen LogP contribution in [0.3, 0.4) is 0 Å². The van der Waals surface area contributed by atoms with E-state index in [2.05, 4.69) is 28.2 Å². The summed E-state index contributed by atoms with van der Waals surface area (Å²) in [6.07, 6.45) is 1.06. The van der Waals surface area contributed by atoms with Crippen LogP contribution in [0.1, 0.15) is 25.8 Å². The number of rotatable bonds is 5. The molecule has 3 heteroatoms. The monoisotopic (exact) mass is 271 g/mol. The van der Waals surface area contributed by atoms with Gasteiger partial charge < -0.3 is 10.4 Å². The molecule has 0 bridgehead atoms. The Morgan fingerprint density at radius 2 is 1.93 bits per heavy atom. The van der Waals surface area contributed by atoms with Crippen molar-refractivity contribution in [1.29, 1.82) is 0 Å². The number of benzene rings is 1. The van der Waals surface area contributed by atoms with Crippen LogP contribution in [0.2, 0.25) is 0 Å². The second-order valence-corrected chi connectivity index (χ2v) is 4.84. The molecular formula is C12H18BrNO. The van der Waals surface area contributed by atoms with E-state index in [9.17, 15) is 5.11 Å². The minimum atomic E-state index is -0.337. The molecule has 1 aromatic rings. The molecule has 1 unspecified atom stereocenters. The fourth-order valence-corrected chi connectivity index (χ4v) is 1.73. The smallest absolute Gasteiger partial charge is 0.0652 e. The average molecular weight is 272 g/mol. The van der Waals surface area contributed by atoms with Gasteiger partial charge in [0.2, 0.25) is 0 Å². The van der Waals surface area contributed by atoms with Gasteiger partial charge in [-0.1, -0.05) is 35.0 Å². The zero-order valence-corrected chi connectivity index (χ0v) is 10.8. The Balaban J connectivity index is 2.85. The molecule has 1 aromatic carbocycles. The molecule has 2 N–H and O–H groups in total. The third-order valence-electron chi connectivity index (χ3n) is 2.56. The third-order valence-corrected chi connectivity index (χ3v) is 3.09. The lowest BCUT2D eigenvalue weighted by Crippen LogP contribution is -2.43. The minimum absolute atomic E-state index is 0.106. The minimum Gasteiger partial charge on any atom is -0.394 e. The maximum absolute atomic E-state index is 9.46. The van der Waals surface area contributed by atoms with Crippen LogP contribution < -0.4 is 5.32 Å². The second kappa shape index (κ2) is 5.64. The number of aliphatic hydroxyl groups is 1. The average Bonchev–Trinajstić information content (AvgIpc) is 2.27. The van der Waals surface area contributed by atoms with E-state index in [0.29, 0.717) is 0 Å². The predicted molar refractivity (Wildman–Crippen MR) is 66.9 cm³/mol. The molecule has 0 fully saturated rings. The first-order valence-corrected chi connectivity index (χ1v) is 6.03. The molecule has 0 radical (unpaired) electrons. The molecule has 0 amide bonds. The van der Waals surface area contributed by atoms with Gasteiger partial charge in [-0.05, 0) is 37.6 Å². The molecule has 0 spiro atoms. The molecular weight excluding hydrogens is 254 g/mol. The lowest BCUT2D eigenvalue weighted by atomic mass is 9.93. The van der Waals surface area contributed by atoms with E-state index in [1.165, 1.54) is 0 Å². The molecule has 0 aromatic heterocycles. The molecule has 0 aliphatic heterocycles. The molecule has 84 valence electrons. The number of nitrogens with one attached hydrogen (secondary N) is 1. The number of halogens is 1. The first-order chi connectivity index (χ1) is 7.12. The van der Waals surface area contributed by atoms with Crippen LogP contribution in [0.15, 0.2) is 28.7 Å². The Hall–Kier alpha value is -0.380. The molecule has 0 saturated heterocycles. The van der Waals surface area contributed by atoms with E-state index in [1.807, 2.05) is 31.2 Å². The molecule has 0 aliphatic carbocycles. The highest BCUT2D eigenvalue weighted by Crippen LogP contribution is 2.22. The first-order valence-electron chi connectivity index (χ1n) is 5.24. The predicted octanol–water partition coefficient (Wildman–Crippen LogP) is 2.66. The highest BCUT2D eigenvalue weighted by atomic mass is 79.9. The molecule has 0 heterocycles. The van der Waals surface area contributed by atoms with Gasteiger partial charge in [-0.2, -0.15) is 0 Å². The summed E-state index contributed by atoms with van der Waals surface area (Å²) in [5, 5.41) is 12.8. The van der Waals surface area contributed by atoms with Crippen LogP contribution in [0.5, 0.6) is 0 Å². The van der Waals surface area contributed by atoms with Crippen molar-refractivity contribution in [1.82, 2.24) is 5.32 Å². The van der Waals surface area contributed by atoms with Crippen molar-refractivity contribution in [2.75, 3.05) is 13.2 Å². The summed E-state index contributed by atoms with van der Waals surface area (Å²) in [5.74, 6) is 0. The summed E-state index contributed by atoms with van der Waals surface area (Å²) in [6.45, 7) is 5.15. The zero-order valence-electron chi connectivity index (χ0n) is 9.26. The van der Waals surface area contributed by atoms with Crippen molar-refractivity contribution >= 4 is 15.9 Å².